The second kappa shape index (κ2) is 7.20. The molecular weight excluding hydrogens is 216 g/mol. The van der Waals surface area contributed by atoms with Gasteiger partial charge in [-0.3, -0.25) is 0 Å². The summed E-state index contributed by atoms with van der Waals surface area (Å²) < 4.78 is 0. The van der Waals surface area contributed by atoms with E-state index in [9.17, 15) is 0 Å². The zero-order valence-electron chi connectivity index (χ0n) is 12.5. The lowest BCUT2D eigenvalue weighted by Crippen LogP contribution is -1.91. The number of hydrogen-bond donors (Lipinski definition) is 0. The summed E-state index contributed by atoms with van der Waals surface area (Å²) in [5.41, 5.74) is 6.90. The van der Waals surface area contributed by atoms with E-state index in [4.69, 9.17) is 0 Å². The summed E-state index contributed by atoms with van der Waals surface area (Å²) in [6, 6.07) is 6.89. The molecule has 0 aromatic heterocycles. The van der Waals surface area contributed by atoms with E-state index in [1.165, 1.54) is 47.1 Å². The van der Waals surface area contributed by atoms with Crippen LogP contribution in [0.5, 0.6) is 0 Å². The van der Waals surface area contributed by atoms with Gasteiger partial charge >= 0.3 is 0 Å². The summed E-state index contributed by atoms with van der Waals surface area (Å²) in [6.45, 7) is 10.9. The van der Waals surface area contributed by atoms with E-state index in [-0.39, 0.29) is 0 Å². The van der Waals surface area contributed by atoms with Crippen molar-refractivity contribution in [2.24, 2.45) is 0 Å². The molecule has 1 rings (SSSR count). The fourth-order valence-corrected chi connectivity index (χ4v) is 2.21. The van der Waals surface area contributed by atoms with Crippen LogP contribution in [0.15, 0.2) is 35.9 Å². The molecule has 0 saturated carbocycles. The Morgan fingerprint density at radius 3 is 2.50 bits per heavy atom. The Morgan fingerprint density at radius 1 is 1.22 bits per heavy atom. The lowest BCUT2D eigenvalue weighted by atomic mass is 9.96. The first-order valence-corrected chi connectivity index (χ1v) is 6.99. The summed E-state index contributed by atoms with van der Waals surface area (Å²) in [6.07, 6.45) is 8.16. The molecule has 1 aromatic rings. The molecule has 0 aliphatic rings. The lowest BCUT2D eigenvalue weighted by Gasteiger charge is -2.09. The highest BCUT2D eigenvalue weighted by molar-refractivity contribution is 5.69. The van der Waals surface area contributed by atoms with Gasteiger partial charge in [0.2, 0.25) is 0 Å². The van der Waals surface area contributed by atoms with E-state index in [2.05, 4.69) is 65.0 Å². The van der Waals surface area contributed by atoms with Gasteiger partial charge in [-0.1, -0.05) is 49.3 Å². The number of benzene rings is 1. The van der Waals surface area contributed by atoms with E-state index in [1.807, 2.05) is 0 Å². The van der Waals surface area contributed by atoms with E-state index < -0.39 is 0 Å². The molecule has 0 aliphatic carbocycles. The van der Waals surface area contributed by atoms with Gasteiger partial charge in [0.15, 0.2) is 0 Å². The summed E-state index contributed by atoms with van der Waals surface area (Å²) >= 11 is 0. The maximum absolute atomic E-state index is 2.34. The maximum Gasteiger partial charge on any atom is -0.0198 e. The zero-order chi connectivity index (χ0) is 13.5. The molecule has 0 N–H and O–H groups in total. The first-order valence-electron chi connectivity index (χ1n) is 6.99. The highest BCUT2D eigenvalue weighted by atomic mass is 14.1. The minimum Gasteiger partial charge on any atom is -0.0847 e. The molecule has 1 aromatic carbocycles. The molecule has 0 heteroatoms. The van der Waals surface area contributed by atoms with Crippen molar-refractivity contribution < 1.29 is 0 Å². The molecule has 0 amide bonds. The molecule has 18 heavy (non-hydrogen) atoms. The Kier molecular flexibility index (Phi) is 5.91. The Balaban J connectivity index is 2.95. The van der Waals surface area contributed by atoms with Gasteiger partial charge in [0.25, 0.3) is 0 Å². The minimum atomic E-state index is 1.20. The van der Waals surface area contributed by atoms with E-state index in [0.717, 1.165) is 0 Å². The van der Waals surface area contributed by atoms with Gasteiger partial charge in [0.1, 0.15) is 0 Å². The molecule has 0 nitrogen and oxygen atoms in total. The molecule has 0 saturated heterocycles. The Hall–Kier alpha value is -1.30. The zero-order valence-corrected chi connectivity index (χ0v) is 12.5. The summed E-state index contributed by atoms with van der Waals surface area (Å²) in [7, 11) is 0. The second-order valence-corrected chi connectivity index (χ2v) is 5.11. The van der Waals surface area contributed by atoms with Crippen molar-refractivity contribution >= 4 is 5.57 Å². The first-order chi connectivity index (χ1) is 8.58. The molecular formula is C18H26. The van der Waals surface area contributed by atoms with Gasteiger partial charge in [-0.25, -0.2) is 0 Å². The Bertz CT molecular complexity index is 447. The average Bonchev–Trinajstić information content (AvgIpc) is 2.36. The molecule has 0 fully saturated rings. The number of unbranched alkanes of at least 4 members (excludes halogenated alkanes) is 1. The molecule has 0 spiro atoms. The minimum absolute atomic E-state index is 1.20. The first kappa shape index (κ1) is 14.8. The third-order valence-corrected chi connectivity index (χ3v) is 3.43. The molecule has 0 bridgehead atoms. The summed E-state index contributed by atoms with van der Waals surface area (Å²) in [5.74, 6) is 0. The van der Waals surface area contributed by atoms with Crippen molar-refractivity contribution in [1.82, 2.24) is 0 Å². The molecule has 0 atom stereocenters. The van der Waals surface area contributed by atoms with Gasteiger partial charge < -0.3 is 0 Å². The van der Waals surface area contributed by atoms with Crippen LogP contribution in [0.1, 0.15) is 57.2 Å². The van der Waals surface area contributed by atoms with Crippen LogP contribution in [0.25, 0.3) is 5.57 Å². The van der Waals surface area contributed by atoms with Gasteiger partial charge in [0, 0.05) is 0 Å². The van der Waals surface area contributed by atoms with Crippen LogP contribution in [-0.2, 0) is 6.42 Å². The summed E-state index contributed by atoms with van der Waals surface area (Å²) in [5, 5.41) is 0. The fraction of sp³-hybridized carbons (Fsp3) is 0.444. The third-order valence-electron chi connectivity index (χ3n) is 3.43. The van der Waals surface area contributed by atoms with Gasteiger partial charge in [0.05, 0.1) is 0 Å². The topological polar surface area (TPSA) is 0 Å². The normalized spacial score (nSPS) is 12.9. The largest absolute Gasteiger partial charge is 0.0847 e. The van der Waals surface area contributed by atoms with Crippen molar-refractivity contribution in [3.63, 3.8) is 0 Å². The predicted octanol–water partition coefficient (Wildman–Crippen LogP) is 5.71. The van der Waals surface area contributed by atoms with Gasteiger partial charge in [-0.05, 0) is 62.8 Å². The lowest BCUT2D eigenvalue weighted by molar-refractivity contribution is 0.794. The smallest absolute Gasteiger partial charge is 0.0198 e. The van der Waals surface area contributed by atoms with E-state index in [1.54, 1.807) is 0 Å². The van der Waals surface area contributed by atoms with Crippen LogP contribution >= 0.6 is 0 Å². The second-order valence-electron chi connectivity index (χ2n) is 5.11. The Labute approximate surface area is 112 Å². The van der Waals surface area contributed by atoms with E-state index in [0.29, 0.717) is 0 Å². The number of aryl methyl sites for hydroxylation is 2. The maximum atomic E-state index is 2.34. The van der Waals surface area contributed by atoms with Crippen LogP contribution in [0.3, 0.4) is 0 Å². The SMILES string of the molecule is CC=C(C)/C=C(/C)c1ccc(CCCC)cc1C. The third kappa shape index (κ3) is 4.18. The van der Waals surface area contributed by atoms with Crippen molar-refractivity contribution in [3.8, 4) is 0 Å². The fourth-order valence-electron chi connectivity index (χ4n) is 2.21. The monoisotopic (exact) mass is 242 g/mol. The average molecular weight is 242 g/mol. The van der Waals surface area contributed by atoms with Crippen molar-refractivity contribution in [2.75, 3.05) is 0 Å². The molecule has 98 valence electrons. The van der Waals surface area contributed by atoms with Crippen LogP contribution in [-0.4, -0.2) is 0 Å². The molecule has 0 radical (unpaired) electrons. The van der Waals surface area contributed by atoms with Crippen LogP contribution in [0.2, 0.25) is 0 Å². The highest BCUT2D eigenvalue weighted by Gasteiger charge is 2.02. The van der Waals surface area contributed by atoms with Crippen LogP contribution in [0, 0.1) is 6.92 Å². The van der Waals surface area contributed by atoms with Crippen molar-refractivity contribution in [1.29, 1.82) is 0 Å². The standard InChI is InChI=1S/C18H26/c1-6-8-9-17-10-11-18(16(5)13-17)15(4)12-14(3)7-2/h7,10-13H,6,8-9H2,1-5H3/b14-7?,15-12-. The molecule has 0 heterocycles. The van der Waals surface area contributed by atoms with Gasteiger partial charge in [-0.2, -0.15) is 0 Å². The van der Waals surface area contributed by atoms with Crippen molar-refractivity contribution in [2.45, 2.75) is 53.9 Å². The van der Waals surface area contributed by atoms with E-state index >= 15 is 0 Å². The summed E-state index contributed by atoms with van der Waals surface area (Å²) in [4.78, 5) is 0. The van der Waals surface area contributed by atoms with Gasteiger partial charge in [-0.15, -0.1) is 0 Å². The number of rotatable bonds is 5. The molecule has 0 unspecified atom stereocenters. The molecule has 0 aliphatic heterocycles. The number of hydrogen-bond acceptors (Lipinski definition) is 0. The van der Waals surface area contributed by atoms with Crippen molar-refractivity contribution in [3.05, 3.63) is 52.6 Å². The van der Waals surface area contributed by atoms with Crippen LogP contribution < -0.4 is 0 Å². The predicted molar refractivity (Wildman–Crippen MR) is 82.9 cm³/mol. The number of allylic oxidation sites excluding steroid dienone is 4. The Morgan fingerprint density at radius 2 is 1.94 bits per heavy atom. The van der Waals surface area contributed by atoms with Crippen LogP contribution in [0.4, 0.5) is 0 Å². The quantitative estimate of drug-likeness (QED) is 0.580. The highest BCUT2D eigenvalue weighted by Crippen LogP contribution is 2.22.